The highest BCUT2D eigenvalue weighted by atomic mass is 19.1. The summed E-state index contributed by atoms with van der Waals surface area (Å²) in [6.07, 6.45) is 2.70. The van der Waals surface area contributed by atoms with Gasteiger partial charge in [-0.15, -0.1) is 0 Å². The van der Waals surface area contributed by atoms with Crippen molar-refractivity contribution in [3.8, 4) is 5.75 Å². The molecule has 0 aliphatic carbocycles. The first-order valence-corrected chi connectivity index (χ1v) is 6.07. The van der Waals surface area contributed by atoms with Crippen molar-refractivity contribution in [2.45, 2.75) is 6.54 Å². The Morgan fingerprint density at radius 1 is 1.24 bits per heavy atom. The summed E-state index contributed by atoms with van der Waals surface area (Å²) in [6.45, 7) is -0.366. The smallest absolute Gasteiger partial charge is 0.316 e. The third-order valence-electron chi connectivity index (χ3n) is 3.01. The molecule has 2 aromatic rings. The Hall–Kier alpha value is -2.70. The third kappa shape index (κ3) is 2.91. The number of aromatic nitrogens is 2. The van der Waals surface area contributed by atoms with E-state index < -0.39 is 22.7 Å². The molecule has 0 saturated carbocycles. The number of rotatable bonds is 4. The minimum Gasteiger partial charge on any atom is -0.496 e. The average molecular weight is 292 g/mol. The minimum absolute atomic E-state index is 0.0186. The van der Waals surface area contributed by atoms with Crippen LogP contribution in [-0.4, -0.2) is 22.0 Å². The molecule has 0 atom stereocenters. The van der Waals surface area contributed by atoms with Gasteiger partial charge >= 0.3 is 11.1 Å². The number of carbonyl (C=O) groups excluding carboxylic acids is 1. The number of halogens is 1. The van der Waals surface area contributed by atoms with Crippen LogP contribution in [0.3, 0.4) is 0 Å². The van der Waals surface area contributed by atoms with Crippen molar-refractivity contribution in [1.29, 1.82) is 0 Å². The fraction of sp³-hybridized carbons (Fsp3) is 0.214. The van der Waals surface area contributed by atoms with Gasteiger partial charge in [0.05, 0.1) is 19.2 Å². The number of hydrogen-bond acceptors (Lipinski definition) is 4. The summed E-state index contributed by atoms with van der Waals surface area (Å²) in [6, 6.07) is 3.53. The minimum atomic E-state index is -0.816. The lowest BCUT2D eigenvalue weighted by Crippen LogP contribution is -2.40. The number of carbonyl (C=O) groups is 1. The third-order valence-corrected chi connectivity index (χ3v) is 3.01. The normalized spacial score (nSPS) is 10.4. The van der Waals surface area contributed by atoms with Gasteiger partial charge < -0.3 is 13.9 Å². The van der Waals surface area contributed by atoms with Gasteiger partial charge in [0.1, 0.15) is 11.6 Å². The van der Waals surface area contributed by atoms with E-state index in [-0.39, 0.29) is 17.9 Å². The molecule has 0 fully saturated rings. The molecule has 0 aliphatic rings. The monoisotopic (exact) mass is 292 g/mol. The number of aryl methyl sites for hydroxylation is 1. The molecule has 0 saturated heterocycles. The lowest BCUT2D eigenvalue weighted by Gasteiger charge is -2.09. The summed E-state index contributed by atoms with van der Waals surface area (Å²) in [5.41, 5.74) is -1.54. The van der Waals surface area contributed by atoms with E-state index >= 15 is 0 Å². The summed E-state index contributed by atoms with van der Waals surface area (Å²) in [4.78, 5) is 35.4. The predicted molar refractivity (Wildman–Crippen MR) is 73.2 cm³/mol. The molecule has 0 radical (unpaired) electrons. The zero-order valence-corrected chi connectivity index (χ0v) is 11.5. The molecule has 1 heterocycles. The second-order valence-electron chi connectivity index (χ2n) is 4.42. The lowest BCUT2D eigenvalue weighted by molar-refractivity contribution is 0.0967. The van der Waals surface area contributed by atoms with Crippen molar-refractivity contribution in [2.24, 2.45) is 7.05 Å². The van der Waals surface area contributed by atoms with Crippen LogP contribution in [0.5, 0.6) is 5.75 Å². The van der Waals surface area contributed by atoms with E-state index in [1.54, 1.807) is 0 Å². The van der Waals surface area contributed by atoms with Gasteiger partial charge in [0.15, 0.2) is 5.78 Å². The Morgan fingerprint density at radius 2 is 1.95 bits per heavy atom. The Labute approximate surface area is 119 Å². The van der Waals surface area contributed by atoms with Crippen molar-refractivity contribution in [2.75, 3.05) is 7.11 Å². The van der Waals surface area contributed by atoms with Gasteiger partial charge in [-0.1, -0.05) is 0 Å². The van der Waals surface area contributed by atoms with Crippen LogP contribution in [0.25, 0.3) is 0 Å². The first kappa shape index (κ1) is 14.7. The second kappa shape index (κ2) is 5.74. The largest absolute Gasteiger partial charge is 0.496 e. The first-order valence-electron chi connectivity index (χ1n) is 6.07. The van der Waals surface area contributed by atoms with Crippen molar-refractivity contribution >= 4 is 5.78 Å². The summed E-state index contributed by atoms with van der Waals surface area (Å²) in [5, 5.41) is 0. The molecule has 1 aromatic heterocycles. The molecule has 0 amide bonds. The summed E-state index contributed by atoms with van der Waals surface area (Å²) >= 11 is 0. The van der Waals surface area contributed by atoms with Crippen LogP contribution in [0.1, 0.15) is 10.4 Å². The highest BCUT2D eigenvalue weighted by Gasteiger charge is 2.15. The Bertz CT molecular complexity index is 807. The van der Waals surface area contributed by atoms with Crippen LogP contribution in [0, 0.1) is 5.82 Å². The van der Waals surface area contributed by atoms with E-state index in [1.165, 1.54) is 38.7 Å². The quantitative estimate of drug-likeness (QED) is 0.610. The van der Waals surface area contributed by atoms with Gasteiger partial charge in [-0.2, -0.15) is 0 Å². The standard InChI is InChI=1S/C14H13FN2O4/c1-16-5-6-17(14(20)13(16)19)8-11(18)10-7-9(15)3-4-12(10)21-2/h3-7H,8H2,1-2H3. The summed E-state index contributed by atoms with van der Waals surface area (Å²) in [5.74, 6) is -0.907. The van der Waals surface area contributed by atoms with Crippen LogP contribution < -0.4 is 15.9 Å². The van der Waals surface area contributed by atoms with E-state index in [9.17, 15) is 18.8 Å². The highest BCUT2D eigenvalue weighted by Crippen LogP contribution is 2.20. The van der Waals surface area contributed by atoms with Gasteiger partial charge in [0.2, 0.25) is 0 Å². The number of methoxy groups -OCH3 is 1. The van der Waals surface area contributed by atoms with Crippen molar-refractivity contribution in [1.82, 2.24) is 9.13 Å². The summed E-state index contributed by atoms with van der Waals surface area (Å²) < 4.78 is 20.3. The summed E-state index contributed by atoms with van der Waals surface area (Å²) in [7, 11) is 2.79. The molecule has 110 valence electrons. The number of benzene rings is 1. The fourth-order valence-corrected chi connectivity index (χ4v) is 1.85. The zero-order valence-electron chi connectivity index (χ0n) is 11.5. The van der Waals surface area contributed by atoms with Crippen molar-refractivity contribution < 1.29 is 13.9 Å². The van der Waals surface area contributed by atoms with Crippen LogP contribution in [0.2, 0.25) is 0 Å². The maximum absolute atomic E-state index is 13.2. The molecule has 21 heavy (non-hydrogen) atoms. The molecule has 0 bridgehead atoms. The number of hydrogen-bond donors (Lipinski definition) is 0. The Kier molecular flexibility index (Phi) is 4.02. The Balaban J connectivity index is 2.39. The molecule has 2 rings (SSSR count). The maximum atomic E-state index is 13.2. The SMILES string of the molecule is COc1ccc(F)cc1C(=O)Cn1ccn(C)c(=O)c1=O. The molecular formula is C14H13FN2O4. The van der Waals surface area contributed by atoms with E-state index in [0.717, 1.165) is 15.2 Å². The van der Waals surface area contributed by atoms with E-state index in [1.807, 2.05) is 0 Å². The fourth-order valence-electron chi connectivity index (χ4n) is 1.85. The van der Waals surface area contributed by atoms with Gasteiger partial charge in [0.25, 0.3) is 0 Å². The van der Waals surface area contributed by atoms with Crippen molar-refractivity contribution in [3.63, 3.8) is 0 Å². The van der Waals surface area contributed by atoms with Crippen LogP contribution in [-0.2, 0) is 13.6 Å². The predicted octanol–water partition coefficient (Wildman–Crippen LogP) is 0.578. The van der Waals surface area contributed by atoms with Crippen LogP contribution in [0.15, 0.2) is 40.2 Å². The van der Waals surface area contributed by atoms with Gasteiger partial charge in [-0.05, 0) is 18.2 Å². The topological polar surface area (TPSA) is 70.3 Å². The molecule has 0 aliphatic heterocycles. The van der Waals surface area contributed by atoms with E-state index in [4.69, 9.17) is 4.74 Å². The second-order valence-corrected chi connectivity index (χ2v) is 4.42. The number of nitrogens with zero attached hydrogens (tertiary/aromatic N) is 2. The average Bonchev–Trinajstić information content (AvgIpc) is 2.47. The molecule has 6 nitrogen and oxygen atoms in total. The number of ketones is 1. The molecule has 1 aromatic carbocycles. The van der Waals surface area contributed by atoms with Crippen LogP contribution in [0.4, 0.5) is 4.39 Å². The lowest BCUT2D eigenvalue weighted by atomic mass is 10.1. The molecule has 7 heteroatoms. The van der Waals surface area contributed by atoms with Gasteiger partial charge in [0, 0.05) is 19.4 Å². The molecule has 0 spiro atoms. The van der Waals surface area contributed by atoms with Gasteiger partial charge in [-0.3, -0.25) is 14.4 Å². The number of Topliss-reactive ketones (excluding diaryl/α,β-unsaturated/α-hetero) is 1. The number of ether oxygens (including phenoxy) is 1. The first-order chi connectivity index (χ1) is 9.93. The Morgan fingerprint density at radius 3 is 2.62 bits per heavy atom. The maximum Gasteiger partial charge on any atom is 0.316 e. The highest BCUT2D eigenvalue weighted by molar-refractivity contribution is 5.98. The van der Waals surface area contributed by atoms with Gasteiger partial charge in [-0.25, -0.2) is 4.39 Å². The van der Waals surface area contributed by atoms with Crippen molar-refractivity contribution in [3.05, 3.63) is 62.7 Å². The molecule has 0 N–H and O–H groups in total. The van der Waals surface area contributed by atoms with E-state index in [0.29, 0.717) is 0 Å². The molecule has 0 unspecified atom stereocenters. The van der Waals surface area contributed by atoms with Crippen LogP contribution >= 0.6 is 0 Å². The molecular weight excluding hydrogens is 279 g/mol. The zero-order chi connectivity index (χ0) is 15.6. The van der Waals surface area contributed by atoms with E-state index in [2.05, 4.69) is 0 Å².